The maximum Gasteiger partial charge on any atom is 0.305 e. The molecule has 9 fully saturated rings. The second kappa shape index (κ2) is 28.3. The standard InChI is InChI=1S/C16H22O10.C16H22O9.C14H22O5.C13H22O6/c1-7(17)22-11-12(23-8(2)18)14(16(5)6-21-16)26-15(25-10(4)20)13(11)24-9(3)19;1-7(2)12-13(21-8(3)17)14(22-9(4)18)15(23-10(5)19)16(25-12)24-11(6)20;1-7(2)8-9-10(17-13(3,4)16-9)11-12(15-8)19-14(5,6)18-11;1-6(14)7-8-9(17-12(2,3)16-8)10-11(15-7)19-13(4,5)18-10/h11-15H,6H2,1-5H3;12-16H,1H2,2-6H3;8-12H,1H2,2-6H3;6-11,14H,1-5H3/t11-,12+,13+,14-,15?,16?;12-,13+,14+,15-,16?;8-,9+,10?,11-,12?;6?,7-,8+,9?,10-,11?/m1000/s1. The van der Waals surface area contributed by atoms with E-state index in [1.807, 2.05) is 62.3 Å². The number of hydrogen-bond donors (Lipinski definition) is 1. The van der Waals surface area contributed by atoms with Gasteiger partial charge in [-0.1, -0.05) is 13.2 Å². The molecule has 0 aliphatic carbocycles. The van der Waals surface area contributed by atoms with Crippen LogP contribution in [0.15, 0.2) is 24.3 Å². The zero-order chi connectivity index (χ0) is 67.0. The molecule has 9 heterocycles. The van der Waals surface area contributed by atoms with Gasteiger partial charge in [-0.15, -0.1) is 0 Å². The third-order valence-electron chi connectivity index (χ3n) is 14.4. The average Bonchev–Trinajstić information content (AvgIpc) is 1.66. The summed E-state index contributed by atoms with van der Waals surface area (Å²) >= 11 is 0. The molecule has 0 aromatic heterocycles. The number of carbonyl (C=O) groups excluding carboxylic acids is 8. The third kappa shape index (κ3) is 18.7. The normalized spacial score (nSPS) is 38.8. The Morgan fingerprint density at radius 3 is 1.09 bits per heavy atom. The van der Waals surface area contributed by atoms with E-state index in [0.29, 0.717) is 12.2 Å². The Morgan fingerprint density at radius 2 is 0.697 bits per heavy atom. The number of fused-ring (bicyclic) bond motifs is 6. The molecule has 22 atom stereocenters. The van der Waals surface area contributed by atoms with E-state index in [4.69, 9.17) is 99.5 Å². The van der Waals surface area contributed by atoms with Crippen molar-refractivity contribution in [2.24, 2.45) is 0 Å². The van der Waals surface area contributed by atoms with Gasteiger partial charge < -0.3 is 105 Å². The maximum atomic E-state index is 11.6. The van der Waals surface area contributed by atoms with Gasteiger partial charge in [0.05, 0.1) is 12.7 Å². The smallest absolute Gasteiger partial charge is 0.305 e. The first kappa shape index (κ1) is 72.7. The molecule has 30 heteroatoms. The Balaban J connectivity index is 0.000000191. The number of epoxide rings is 1. The quantitative estimate of drug-likeness (QED) is 0.127. The molecule has 89 heavy (non-hydrogen) atoms. The highest BCUT2D eigenvalue weighted by Gasteiger charge is 2.65. The summed E-state index contributed by atoms with van der Waals surface area (Å²) in [5.74, 6) is -8.30. The van der Waals surface area contributed by atoms with Crippen molar-refractivity contribution < 1.29 is 143 Å². The SMILES string of the molecule is C=C(C)[C@@H]1OC(OC(C)=O)[C@@H](OC(C)=O)[C@H](OC(C)=O)[C@@H]1OC(C)=O.C=C(C)[C@@H]1OC2OC(C)(C)O[C@H]2C2OC(C)(C)O[C@@H]21.CC(=O)OC1O[C@@H](C2(C)CO2)[C@@H](OC(C)=O)[C@@H](OC(C)=O)[C@@H]1OC(C)=O.CC(O)[C@@H]1OC2OC(C)(C)O[C@H]2C2OC(C)(C)O[C@@H]21. The lowest BCUT2D eigenvalue weighted by Gasteiger charge is -2.44. The number of rotatable bonds is 12. The van der Waals surface area contributed by atoms with Crippen molar-refractivity contribution in [3.05, 3.63) is 24.3 Å². The predicted molar refractivity (Wildman–Crippen MR) is 295 cm³/mol. The van der Waals surface area contributed by atoms with Crippen LogP contribution in [0, 0.1) is 0 Å². The Kier molecular flexibility index (Phi) is 23.1. The number of carbonyl (C=O) groups is 8. The van der Waals surface area contributed by atoms with Crippen molar-refractivity contribution in [1.82, 2.24) is 0 Å². The minimum Gasteiger partial charge on any atom is -0.456 e. The third-order valence-corrected chi connectivity index (χ3v) is 14.4. The van der Waals surface area contributed by atoms with Gasteiger partial charge in [-0.05, 0) is 94.2 Å². The fourth-order valence-electron chi connectivity index (χ4n) is 11.3. The summed E-state index contributed by atoms with van der Waals surface area (Å²) in [6, 6.07) is 0. The highest BCUT2D eigenvalue weighted by Crippen LogP contribution is 2.47. The van der Waals surface area contributed by atoms with E-state index >= 15 is 0 Å². The molecule has 9 aliphatic heterocycles. The number of aliphatic hydroxyl groups is 1. The Morgan fingerprint density at radius 1 is 0.382 bits per heavy atom. The Hall–Kier alpha value is -5.32. The largest absolute Gasteiger partial charge is 0.456 e. The molecule has 1 N–H and O–H groups in total. The van der Waals surface area contributed by atoms with E-state index in [0.717, 1.165) is 47.1 Å². The van der Waals surface area contributed by atoms with E-state index in [-0.39, 0.29) is 42.7 Å². The van der Waals surface area contributed by atoms with Gasteiger partial charge in [0.15, 0.2) is 60.1 Å². The molecule has 9 rings (SSSR count). The lowest BCUT2D eigenvalue weighted by Crippen LogP contribution is -2.65. The van der Waals surface area contributed by atoms with Gasteiger partial charge in [0.25, 0.3) is 0 Å². The molecule has 0 bridgehead atoms. The number of ether oxygens (including phenoxy) is 21. The molecule has 8 unspecified atom stereocenters. The first-order valence-corrected chi connectivity index (χ1v) is 29.0. The van der Waals surface area contributed by atoms with Gasteiger partial charge in [-0.25, -0.2) is 0 Å². The van der Waals surface area contributed by atoms with Crippen LogP contribution in [0.5, 0.6) is 0 Å². The van der Waals surface area contributed by atoms with Crippen LogP contribution in [0.3, 0.4) is 0 Å². The predicted octanol–water partition coefficient (Wildman–Crippen LogP) is 3.23. The Labute approximate surface area is 516 Å². The zero-order valence-electron chi connectivity index (χ0n) is 54.0. The molecular weight excluding hydrogens is 1190 g/mol. The summed E-state index contributed by atoms with van der Waals surface area (Å²) in [5, 5.41) is 9.89. The van der Waals surface area contributed by atoms with Gasteiger partial charge in [-0.3, -0.25) is 38.4 Å². The van der Waals surface area contributed by atoms with E-state index in [9.17, 15) is 43.5 Å². The minimum atomic E-state index is -1.36. The van der Waals surface area contributed by atoms with Crippen LogP contribution in [0.2, 0.25) is 0 Å². The second-order valence-electron chi connectivity index (χ2n) is 24.8. The molecule has 0 amide bonds. The maximum absolute atomic E-state index is 11.6. The van der Waals surface area contributed by atoms with Crippen LogP contribution in [0.1, 0.15) is 138 Å². The van der Waals surface area contributed by atoms with Crippen molar-refractivity contribution in [3.8, 4) is 0 Å². The number of esters is 8. The average molecular weight is 1280 g/mol. The molecule has 30 nitrogen and oxygen atoms in total. The highest BCUT2D eigenvalue weighted by atomic mass is 16.9. The summed E-state index contributed by atoms with van der Waals surface area (Å²) in [4.78, 5) is 91.9. The summed E-state index contributed by atoms with van der Waals surface area (Å²) in [6.07, 6.45) is -16.0. The summed E-state index contributed by atoms with van der Waals surface area (Å²) in [5.41, 5.74) is 0.503. The van der Waals surface area contributed by atoms with Crippen LogP contribution in [0.4, 0.5) is 0 Å². The fourth-order valence-corrected chi connectivity index (χ4v) is 11.3. The topological polar surface area (TPSA) is 354 Å². The van der Waals surface area contributed by atoms with E-state index in [1.165, 1.54) is 13.8 Å². The molecular formula is C59H88O30. The molecule has 0 spiro atoms. The molecule has 0 saturated carbocycles. The second-order valence-corrected chi connectivity index (χ2v) is 24.8. The zero-order valence-corrected chi connectivity index (χ0v) is 54.0. The number of hydrogen-bond acceptors (Lipinski definition) is 30. The van der Waals surface area contributed by atoms with Crippen molar-refractivity contribution in [2.45, 2.75) is 296 Å². The van der Waals surface area contributed by atoms with Crippen LogP contribution in [-0.2, 0) is 138 Å². The van der Waals surface area contributed by atoms with Crippen molar-refractivity contribution >= 4 is 47.8 Å². The van der Waals surface area contributed by atoms with Gasteiger partial charge in [0.1, 0.15) is 66.6 Å². The van der Waals surface area contributed by atoms with Crippen molar-refractivity contribution in [2.75, 3.05) is 6.61 Å². The molecule has 0 aromatic rings. The van der Waals surface area contributed by atoms with Gasteiger partial charge in [0.2, 0.25) is 24.8 Å². The minimum absolute atomic E-state index is 0.197. The monoisotopic (exact) mass is 1280 g/mol. The summed E-state index contributed by atoms with van der Waals surface area (Å²) in [6.45, 7) is 39.0. The summed E-state index contributed by atoms with van der Waals surface area (Å²) in [7, 11) is 0. The lowest BCUT2D eigenvalue weighted by molar-refractivity contribution is -0.303. The van der Waals surface area contributed by atoms with Crippen LogP contribution in [-0.4, -0.2) is 217 Å². The van der Waals surface area contributed by atoms with Gasteiger partial charge in [0, 0.05) is 55.4 Å². The van der Waals surface area contributed by atoms with Crippen LogP contribution in [0.25, 0.3) is 0 Å². The van der Waals surface area contributed by atoms with Crippen molar-refractivity contribution in [3.63, 3.8) is 0 Å². The molecule has 9 saturated heterocycles. The molecule has 0 radical (unpaired) electrons. The van der Waals surface area contributed by atoms with E-state index in [1.54, 1.807) is 20.8 Å². The Bertz CT molecular complexity index is 2630. The van der Waals surface area contributed by atoms with Gasteiger partial charge in [-0.2, -0.15) is 0 Å². The summed E-state index contributed by atoms with van der Waals surface area (Å²) < 4.78 is 117. The fraction of sp³-hybridized carbons (Fsp3) is 0.797. The first-order valence-electron chi connectivity index (χ1n) is 29.0. The van der Waals surface area contributed by atoms with E-state index < -0.39 is 163 Å². The lowest BCUT2D eigenvalue weighted by atomic mass is 9.90. The van der Waals surface area contributed by atoms with Gasteiger partial charge >= 0.3 is 47.8 Å². The molecule has 0 aromatic carbocycles. The van der Waals surface area contributed by atoms with Crippen LogP contribution >= 0.6 is 0 Å². The molecule has 504 valence electrons. The van der Waals surface area contributed by atoms with E-state index in [2.05, 4.69) is 13.2 Å². The van der Waals surface area contributed by atoms with Crippen LogP contribution < -0.4 is 0 Å². The molecule has 9 aliphatic rings. The number of aliphatic hydroxyl groups excluding tert-OH is 1. The first-order chi connectivity index (χ1) is 40.9. The highest BCUT2D eigenvalue weighted by molar-refractivity contribution is 5.70. The van der Waals surface area contributed by atoms with Crippen molar-refractivity contribution in [1.29, 1.82) is 0 Å².